The van der Waals surface area contributed by atoms with E-state index < -0.39 is 46.9 Å². The van der Waals surface area contributed by atoms with Gasteiger partial charge in [0.1, 0.15) is 5.60 Å². The molecule has 3 N–H and O–H groups in total. The topological polar surface area (TPSA) is 138 Å². The maximum absolute atomic E-state index is 13.1. The molecule has 0 aliphatic heterocycles. The summed E-state index contributed by atoms with van der Waals surface area (Å²) in [5, 5.41) is 31.7. The van der Waals surface area contributed by atoms with Crippen LogP contribution in [0.4, 0.5) is 0 Å². The molecule has 3 fully saturated rings. The van der Waals surface area contributed by atoms with Gasteiger partial charge in [-0.3, -0.25) is 19.2 Å². The van der Waals surface area contributed by atoms with E-state index in [1.165, 1.54) is 0 Å². The van der Waals surface area contributed by atoms with Crippen molar-refractivity contribution in [1.82, 2.24) is 0 Å². The molecule has 8 heteroatoms. The van der Waals surface area contributed by atoms with E-state index in [0.717, 1.165) is 12.0 Å². The first kappa shape index (κ1) is 24.8. The Hall–Kier alpha value is -2.32. The van der Waals surface area contributed by atoms with Crippen LogP contribution in [0.5, 0.6) is 0 Å². The molecule has 8 atom stereocenters. The van der Waals surface area contributed by atoms with Crippen molar-refractivity contribution in [3.63, 3.8) is 0 Å². The highest BCUT2D eigenvalue weighted by molar-refractivity contribution is 6.01. The Morgan fingerprint density at radius 2 is 1.91 bits per heavy atom. The highest BCUT2D eigenvalue weighted by atomic mass is 16.5. The molecule has 0 heterocycles. The zero-order chi connectivity index (χ0) is 25.1. The van der Waals surface area contributed by atoms with Crippen molar-refractivity contribution in [2.24, 2.45) is 34.5 Å². The molecule has 2 unspecified atom stereocenters. The number of carbonyl (C=O) groups is 4. The minimum Gasteiger partial charge on any atom is -0.481 e. The van der Waals surface area contributed by atoms with Crippen LogP contribution in [0.25, 0.3) is 0 Å². The van der Waals surface area contributed by atoms with Gasteiger partial charge in [-0.05, 0) is 55.6 Å². The largest absolute Gasteiger partial charge is 0.481 e. The summed E-state index contributed by atoms with van der Waals surface area (Å²) in [7, 11) is 0. The van der Waals surface area contributed by atoms with Crippen LogP contribution in [0.2, 0.25) is 0 Å². The average Bonchev–Trinajstić information content (AvgIpc) is 3.03. The lowest BCUT2D eigenvalue weighted by molar-refractivity contribution is -0.182. The number of Topliss-reactive ketones (excluding diaryl/α,β-unsaturated/α-hetero) is 1. The lowest BCUT2D eigenvalue weighted by atomic mass is 9.45. The number of carbonyl (C=O) groups excluding carboxylic acids is 3. The summed E-state index contributed by atoms with van der Waals surface area (Å²) in [5.74, 6) is -2.51. The summed E-state index contributed by atoms with van der Waals surface area (Å²) >= 11 is 0. The minimum atomic E-state index is -1.74. The molecular weight excluding hydrogens is 440 g/mol. The molecule has 0 radical (unpaired) electrons. The molecule has 34 heavy (non-hydrogen) atoms. The standard InChI is InChI=1S/C26H34O8/c1-14-10-16-17-7-9-26(33,20(29)13-34-22(32)5-4-21(30)31)25(17,3)12-19(28)23(16)24(2)8-6-15(27)11-18(14)24/h6,8,11,14,16-17,19,23,28,33H,4-5,7,9-10,12-13H2,1-3H3,(H,30,31)/t14-,16-,17-,19?,23?,24-,25-,26-/m0/s1. The molecular formula is C26H34O8. The molecule has 8 nitrogen and oxygen atoms in total. The fraction of sp³-hybridized carbons (Fsp3) is 0.692. The molecule has 4 aliphatic carbocycles. The van der Waals surface area contributed by atoms with Gasteiger partial charge in [0.2, 0.25) is 5.78 Å². The number of carboxylic acids is 1. The Bertz CT molecular complexity index is 981. The third kappa shape index (κ3) is 3.66. The Morgan fingerprint density at radius 1 is 1.21 bits per heavy atom. The highest BCUT2D eigenvalue weighted by Gasteiger charge is 2.68. The van der Waals surface area contributed by atoms with E-state index in [0.29, 0.717) is 6.42 Å². The van der Waals surface area contributed by atoms with Gasteiger partial charge in [0.25, 0.3) is 0 Å². The quantitative estimate of drug-likeness (QED) is 0.498. The van der Waals surface area contributed by atoms with Gasteiger partial charge < -0.3 is 20.1 Å². The number of esters is 1. The number of hydrogen-bond acceptors (Lipinski definition) is 7. The fourth-order valence-corrected chi connectivity index (χ4v) is 7.76. The fourth-order valence-electron chi connectivity index (χ4n) is 7.76. The van der Waals surface area contributed by atoms with E-state index in [4.69, 9.17) is 9.84 Å². The van der Waals surface area contributed by atoms with Crippen molar-refractivity contribution in [3.8, 4) is 0 Å². The number of rotatable bonds is 6. The third-order valence-electron chi connectivity index (χ3n) is 9.34. The number of aliphatic hydroxyl groups is 2. The molecule has 0 aromatic heterocycles. The maximum atomic E-state index is 13.1. The van der Waals surface area contributed by atoms with Gasteiger partial charge in [0.05, 0.1) is 18.9 Å². The maximum Gasteiger partial charge on any atom is 0.306 e. The Balaban J connectivity index is 1.56. The minimum absolute atomic E-state index is 0.00980. The second kappa shape index (κ2) is 8.41. The molecule has 0 amide bonds. The molecule has 0 bridgehead atoms. The van der Waals surface area contributed by atoms with E-state index in [1.807, 2.05) is 13.0 Å². The molecule has 0 saturated heterocycles. The summed E-state index contributed by atoms with van der Waals surface area (Å²) in [4.78, 5) is 47.7. The van der Waals surface area contributed by atoms with Crippen molar-refractivity contribution < 1.29 is 39.2 Å². The zero-order valence-electron chi connectivity index (χ0n) is 20.0. The molecule has 0 aromatic rings. The SMILES string of the molecule is C[C@H]1C[C@@H]2C(C(O)C[C@@]3(C)[C@H]2CC[C@]3(O)C(=O)COC(=O)CCC(=O)O)[C@@]2(C)C=CC(=O)C=C12. The lowest BCUT2D eigenvalue weighted by Crippen LogP contribution is -2.62. The van der Waals surface area contributed by atoms with Crippen LogP contribution in [-0.2, 0) is 23.9 Å². The summed E-state index contributed by atoms with van der Waals surface area (Å²) in [6.45, 7) is 5.40. The van der Waals surface area contributed by atoms with E-state index in [-0.39, 0.29) is 55.1 Å². The van der Waals surface area contributed by atoms with Gasteiger partial charge in [-0.15, -0.1) is 0 Å². The number of fused-ring (bicyclic) bond motifs is 5. The summed E-state index contributed by atoms with van der Waals surface area (Å²) in [6.07, 6.45) is 5.52. The Kier molecular flexibility index (Phi) is 6.13. The molecule has 4 rings (SSSR count). The van der Waals surface area contributed by atoms with Gasteiger partial charge in [-0.1, -0.05) is 32.4 Å². The highest BCUT2D eigenvalue weighted by Crippen LogP contribution is 2.67. The van der Waals surface area contributed by atoms with Gasteiger partial charge in [0, 0.05) is 16.7 Å². The van der Waals surface area contributed by atoms with Crippen LogP contribution in [-0.4, -0.2) is 57.1 Å². The second-order valence-corrected chi connectivity index (χ2v) is 11.1. The lowest BCUT2D eigenvalue weighted by Gasteiger charge is -2.60. The first-order chi connectivity index (χ1) is 15.8. The van der Waals surface area contributed by atoms with Crippen molar-refractivity contribution in [1.29, 1.82) is 0 Å². The number of aliphatic carboxylic acids is 1. The first-order valence-electron chi connectivity index (χ1n) is 12.1. The van der Waals surface area contributed by atoms with Crippen molar-refractivity contribution in [2.75, 3.05) is 6.61 Å². The Labute approximate surface area is 199 Å². The molecule has 0 aromatic carbocycles. The van der Waals surface area contributed by atoms with Crippen LogP contribution in [0, 0.1) is 34.5 Å². The monoisotopic (exact) mass is 474 g/mol. The van der Waals surface area contributed by atoms with Gasteiger partial charge in [-0.25, -0.2) is 0 Å². The summed E-state index contributed by atoms with van der Waals surface area (Å²) < 4.78 is 4.98. The Morgan fingerprint density at radius 3 is 2.59 bits per heavy atom. The van der Waals surface area contributed by atoms with Crippen molar-refractivity contribution in [2.45, 2.75) is 71.0 Å². The number of carboxylic acid groups (broad SMARTS) is 1. The smallest absolute Gasteiger partial charge is 0.306 e. The zero-order valence-corrected chi connectivity index (χ0v) is 20.0. The number of allylic oxidation sites excluding steroid dienone is 4. The molecule has 0 spiro atoms. The van der Waals surface area contributed by atoms with E-state index in [1.54, 1.807) is 12.2 Å². The number of aliphatic hydroxyl groups excluding tert-OH is 1. The predicted molar refractivity (Wildman–Crippen MR) is 120 cm³/mol. The van der Waals surface area contributed by atoms with Crippen molar-refractivity contribution in [3.05, 3.63) is 23.8 Å². The van der Waals surface area contributed by atoms with E-state index in [2.05, 4.69) is 13.8 Å². The first-order valence-corrected chi connectivity index (χ1v) is 12.1. The van der Waals surface area contributed by atoms with Crippen LogP contribution < -0.4 is 0 Å². The van der Waals surface area contributed by atoms with Gasteiger partial charge in [-0.2, -0.15) is 0 Å². The van der Waals surface area contributed by atoms with Gasteiger partial charge in [0.15, 0.2) is 12.4 Å². The number of ketones is 2. The summed E-state index contributed by atoms with van der Waals surface area (Å²) in [6, 6.07) is 0. The number of ether oxygens (including phenoxy) is 1. The van der Waals surface area contributed by atoms with Crippen molar-refractivity contribution >= 4 is 23.5 Å². The molecule has 3 saturated carbocycles. The van der Waals surface area contributed by atoms with Crippen LogP contribution >= 0.6 is 0 Å². The van der Waals surface area contributed by atoms with E-state index in [9.17, 15) is 29.4 Å². The average molecular weight is 475 g/mol. The molecule has 4 aliphatic rings. The predicted octanol–water partition coefficient (Wildman–Crippen LogP) is 2.22. The third-order valence-corrected chi connectivity index (χ3v) is 9.34. The van der Waals surface area contributed by atoms with Crippen LogP contribution in [0.3, 0.4) is 0 Å². The number of hydrogen-bond donors (Lipinski definition) is 3. The second-order valence-electron chi connectivity index (χ2n) is 11.1. The molecule has 186 valence electrons. The van der Waals surface area contributed by atoms with E-state index >= 15 is 0 Å². The normalized spacial score (nSPS) is 42.8. The van der Waals surface area contributed by atoms with Crippen LogP contribution in [0.1, 0.15) is 59.3 Å². The van der Waals surface area contributed by atoms with Crippen LogP contribution in [0.15, 0.2) is 23.8 Å². The summed E-state index contributed by atoms with van der Waals surface area (Å²) in [5.41, 5.74) is -2.04. The van der Waals surface area contributed by atoms with Gasteiger partial charge >= 0.3 is 11.9 Å².